The van der Waals surface area contributed by atoms with Gasteiger partial charge in [0.25, 0.3) is 0 Å². The first kappa shape index (κ1) is 16.2. The number of carbonyl (C=O) groups excluding carboxylic acids is 2. The predicted octanol–water partition coefficient (Wildman–Crippen LogP) is 6.05. The minimum absolute atomic E-state index is 0.108. The predicted molar refractivity (Wildman–Crippen MR) is 108 cm³/mol. The zero-order valence-electron chi connectivity index (χ0n) is 15.1. The molecular formula is C22H18O2S2. The minimum Gasteiger partial charge on any atom is -0.297 e. The number of thiophene rings is 2. The van der Waals surface area contributed by atoms with Gasteiger partial charge >= 0.3 is 0 Å². The highest BCUT2D eigenvalue weighted by molar-refractivity contribution is 7.17. The first-order valence-corrected chi connectivity index (χ1v) is 10.3. The van der Waals surface area contributed by atoms with Crippen LogP contribution in [0.2, 0.25) is 0 Å². The molecule has 0 spiro atoms. The van der Waals surface area contributed by atoms with E-state index in [4.69, 9.17) is 0 Å². The Kier molecular flexibility index (Phi) is 2.99. The van der Waals surface area contributed by atoms with E-state index in [1.54, 1.807) is 22.7 Å². The Morgan fingerprint density at radius 3 is 2.00 bits per heavy atom. The number of fused-ring (bicyclic) bond motifs is 6. The molecule has 0 radical (unpaired) electrons. The Labute approximate surface area is 160 Å². The van der Waals surface area contributed by atoms with E-state index in [0.717, 1.165) is 22.3 Å². The van der Waals surface area contributed by atoms with E-state index in [9.17, 15) is 9.59 Å². The summed E-state index contributed by atoms with van der Waals surface area (Å²) >= 11 is 3.20. The molecular weight excluding hydrogens is 360 g/mol. The highest BCUT2D eigenvalue weighted by atomic mass is 32.1. The van der Waals surface area contributed by atoms with Crippen LogP contribution in [-0.4, -0.2) is 12.6 Å². The average molecular weight is 379 g/mol. The molecule has 1 aromatic carbocycles. The first-order valence-electron chi connectivity index (χ1n) is 8.67. The van der Waals surface area contributed by atoms with Gasteiger partial charge in [0.2, 0.25) is 0 Å². The van der Waals surface area contributed by atoms with Crippen molar-refractivity contribution in [3.05, 3.63) is 55.6 Å². The van der Waals surface area contributed by atoms with Crippen LogP contribution in [0.4, 0.5) is 0 Å². The van der Waals surface area contributed by atoms with Crippen molar-refractivity contribution in [3.8, 4) is 21.6 Å². The second-order valence-corrected chi connectivity index (χ2v) is 10.4. The fraction of sp³-hybridized carbons (Fsp3) is 0.273. The van der Waals surface area contributed by atoms with Crippen LogP contribution in [0.5, 0.6) is 0 Å². The smallest absolute Gasteiger partial charge is 0.160 e. The van der Waals surface area contributed by atoms with Crippen LogP contribution in [0.1, 0.15) is 68.6 Å². The fourth-order valence-electron chi connectivity index (χ4n) is 4.58. The van der Waals surface area contributed by atoms with Gasteiger partial charge in [0.05, 0.1) is 9.75 Å². The number of hydrogen-bond donors (Lipinski definition) is 0. The van der Waals surface area contributed by atoms with Crippen molar-refractivity contribution in [2.24, 2.45) is 0 Å². The summed E-state index contributed by atoms with van der Waals surface area (Å²) in [4.78, 5) is 26.7. The summed E-state index contributed by atoms with van der Waals surface area (Å²) in [6.45, 7) is 8.94. The highest BCUT2D eigenvalue weighted by Gasteiger charge is 2.43. The summed E-state index contributed by atoms with van der Waals surface area (Å²) in [7, 11) is 0. The lowest BCUT2D eigenvalue weighted by atomic mass is 9.80. The largest absolute Gasteiger partial charge is 0.297 e. The Morgan fingerprint density at radius 1 is 0.692 bits per heavy atom. The third-order valence-corrected chi connectivity index (χ3v) is 8.49. The summed E-state index contributed by atoms with van der Waals surface area (Å²) in [5.74, 6) is 0. The van der Waals surface area contributed by atoms with E-state index in [2.05, 4.69) is 39.8 Å². The van der Waals surface area contributed by atoms with E-state index in [-0.39, 0.29) is 10.8 Å². The molecule has 0 N–H and O–H groups in total. The molecule has 0 unspecified atom stereocenters. The SMILES string of the molecule is CC1(C)c2cc3c(cc2-c2sc(C=O)cc21)C(C)(C)c1sc(C=O)cc1-3. The zero-order chi connectivity index (χ0) is 18.4. The number of aldehydes is 2. The second kappa shape index (κ2) is 4.81. The maximum Gasteiger partial charge on any atom is 0.160 e. The van der Waals surface area contributed by atoms with Gasteiger partial charge in [0.1, 0.15) is 0 Å². The number of rotatable bonds is 2. The van der Waals surface area contributed by atoms with E-state index in [1.165, 1.54) is 43.1 Å². The van der Waals surface area contributed by atoms with E-state index < -0.39 is 0 Å². The number of carbonyl (C=O) groups is 2. The first-order chi connectivity index (χ1) is 12.3. The molecule has 2 aliphatic rings. The zero-order valence-corrected chi connectivity index (χ0v) is 16.7. The van der Waals surface area contributed by atoms with E-state index >= 15 is 0 Å². The molecule has 5 rings (SSSR count). The third kappa shape index (κ3) is 1.76. The third-order valence-electron chi connectivity index (χ3n) is 6.01. The van der Waals surface area contributed by atoms with Gasteiger partial charge in [-0.3, -0.25) is 9.59 Å². The van der Waals surface area contributed by atoms with Crippen LogP contribution in [0.3, 0.4) is 0 Å². The van der Waals surface area contributed by atoms with Gasteiger partial charge in [0.15, 0.2) is 12.6 Å². The van der Waals surface area contributed by atoms with Crippen LogP contribution in [0.25, 0.3) is 21.6 Å². The van der Waals surface area contributed by atoms with Crippen LogP contribution < -0.4 is 0 Å². The molecule has 2 aliphatic carbocycles. The Balaban J connectivity index is 1.82. The van der Waals surface area contributed by atoms with E-state index in [1.807, 2.05) is 12.1 Å². The van der Waals surface area contributed by atoms with Crippen LogP contribution in [0.15, 0.2) is 24.3 Å². The van der Waals surface area contributed by atoms with Crippen molar-refractivity contribution < 1.29 is 9.59 Å². The van der Waals surface area contributed by atoms with Gasteiger partial charge in [-0.2, -0.15) is 0 Å². The summed E-state index contributed by atoms with van der Waals surface area (Å²) in [6, 6.07) is 8.74. The van der Waals surface area contributed by atoms with Gasteiger partial charge in [-0.15, -0.1) is 22.7 Å². The topological polar surface area (TPSA) is 34.1 Å². The van der Waals surface area contributed by atoms with E-state index in [0.29, 0.717) is 0 Å². The average Bonchev–Trinajstić information content (AvgIpc) is 3.31. The molecule has 0 bridgehead atoms. The highest BCUT2D eigenvalue weighted by Crippen LogP contribution is 2.58. The molecule has 2 heterocycles. The molecule has 2 nitrogen and oxygen atoms in total. The lowest BCUT2D eigenvalue weighted by Crippen LogP contribution is -2.16. The van der Waals surface area contributed by atoms with Crippen molar-refractivity contribution in [1.82, 2.24) is 0 Å². The fourth-order valence-corrected chi connectivity index (χ4v) is 6.84. The maximum absolute atomic E-state index is 11.3. The lowest BCUT2D eigenvalue weighted by Gasteiger charge is -2.24. The molecule has 26 heavy (non-hydrogen) atoms. The molecule has 0 fully saturated rings. The van der Waals surface area contributed by atoms with Gasteiger partial charge in [-0.25, -0.2) is 0 Å². The number of hydrogen-bond acceptors (Lipinski definition) is 4. The molecule has 0 saturated heterocycles. The van der Waals surface area contributed by atoms with Gasteiger partial charge in [-0.05, 0) is 57.6 Å². The molecule has 0 saturated carbocycles. The monoisotopic (exact) mass is 378 g/mol. The van der Waals surface area contributed by atoms with Gasteiger partial charge in [-0.1, -0.05) is 27.7 Å². The standard InChI is InChI=1S/C22H18O2S2/c1-21(2)17-7-13-14-5-11(9-23)26-20(14)22(3,4)16(13)8-15(17)19-18(21)6-12(10-24)25-19/h5-10H,1-4H3. The van der Waals surface area contributed by atoms with Crippen LogP contribution >= 0.6 is 22.7 Å². The van der Waals surface area contributed by atoms with Crippen LogP contribution in [0, 0.1) is 0 Å². The summed E-state index contributed by atoms with van der Waals surface area (Å²) in [5.41, 5.74) is 7.39. The second-order valence-electron chi connectivity index (χ2n) is 8.21. The van der Waals surface area contributed by atoms with Crippen molar-refractivity contribution in [1.29, 1.82) is 0 Å². The number of benzene rings is 1. The van der Waals surface area contributed by atoms with Crippen molar-refractivity contribution in [3.63, 3.8) is 0 Å². The van der Waals surface area contributed by atoms with Gasteiger partial charge < -0.3 is 0 Å². The Bertz CT molecular complexity index is 1040. The quantitative estimate of drug-likeness (QED) is 0.509. The molecule has 0 amide bonds. The molecule has 2 aromatic heterocycles. The summed E-state index contributed by atoms with van der Waals surface area (Å²) in [5, 5.41) is 0. The van der Waals surface area contributed by atoms with Crippen molar-refractivity contribution >= 4 is 35.2 Å². The molecule has 3 aromatic rings. The summed E-state index contributed by atoms with van der Waals surface area (Å²) in [6.07, 6.45) is 1.91. The summed E-state index contributed by atoms with van der Waals surface area (Å²) < 4.78 is 0. The Hall–Kier alpha value is -2.04. The van der Waals surface area contributed by atoms with Crippen LogP contribution in [-0.2, 0) is 10.8 Å². The molecule has 0 aliphatic heterocycles. The Morgan fingerprint density at radius 2 is 1.31 bits per heavy atom. The van der Waals surface area contributed by atoms with Gasteiger partial charge in [0, 0.05) is 20.6 Å². The molecule has 0 atom stereocenters. The van der Waals surface area contributed by atoms with Crippen molar-refractivity contribution in [2.75, 3.05) is 0 Å². The molecule has 130 valence electrons. The van der Waals surface area contributed by atoms with Crippen molar-refractivity contribution in [2.45, 2.75) is 38.5 Å². The molecule has 4 heteroatoms. The normalized spacial score (nSPS) is 17.4. The minimum atomic E-state index is -0.117. The lowest BCUT2D eigenvalue weighted by molar-refractivity contribution is 0.111. The maximum atomic E-state index is 11.3.